The molecule has 0 aliphatic carbocycles. The molecule has 0 saturated heterocycles. The van der Waals surface area contributed by atoms with Crippen molar-refractivity contribution >= 4 is 5.91 Å². The number of aliphatic hydroxyl groups excluding tert-OH is 2. The van der Waals surface area contributed by atoms with Gasteiger partial charge in [0.15, 0.2) is 0 Å². The molecule has 0 aromatic heterocycles. The summed E-state index contributed by atoms with van der Waals surface area (Å²) in [5, 5.41) is 22.9. The maximum atomic E-state index is 12.3. The lowest BCUT2D eigenvalue weighted by molar-refractivity contribution is -0.123. The van der Waals surface area contributed by atoms with Gasteiger partial charge in [-0.05, 0) is 38.5 Å². The molecule has 0 radical (unpaired) electrons. The van der Waals surface area contributed by atoms with Crippen LogP contribution in [0.2, 0.25) is 0 Å². The van der Waals surface area contributed by atoms with Crippen LogP contribution in [0.4, 0.5) is 0 Å². The zero-order valence-electron chi connectivity index (χ0n) is 28.3. The van der Waals surface area contributed by atoms with Crippen LogP contribution in [-0.2, 0) is 4.79 Å². The first-order valence-corrected chi connectivity index (χ1v) is 18.5. The van der Waals surface area contributed by atoms with Crippen molar-refractivity contribution in [1.82, 2.24) is 5.32 Å². The molecule has 0 saturated carbocycles. The van der Waals surface area contributed by atoms with E-state index in [-0.39, 0.29) is 12.5 Å². The number of rotatable bonds is 33. The molecule has 4 heteroatoms. The fraction of sp³-hybridized carbons (Fsp3) is 0.868. The van der Waals surface area contributed by atoms with E-state index >= 15 is 0 Å². The SMILES string of the molecule is CC/C=C\C/C=C\CCCCCCCCCCCCCCCCC(=O)NC(CO)C(O)CCCCCCCCCCC. The molecule has 0 heterocycles. The number of carbonyl (C=O) groups excluding carboxylic acids is 1. The summed E-state index contributed by atoms with van der Waals surface area (Å²) in [4.78, 5) is 12.3. The third-order valence-electron chi connectivity index (χ3n) is 8.48. The summed E-state index contributed by atoms with van der Waals surface area (Å²) >= 11 is 0. The molecule has 1 amide bonds. The van der Waals surface area contributed by atoms with Crippen molar-refractivity contribution in [3.63, 3.8) is 0 Å². The first kappa shape index (κ1) is 40.9. The molecule has 248 valence electrons. The van der Waals surface area contributed by atoms with Gasteiger partial charge in [0.2, 0.25) is 5.91 Å². The van der Waals surface area contributed by atoms with Gasteiger partial charge < -0.3 is 15.5 Å². The number of carbonyl (C=O) groups is 1. The van der Waals surface area contributed by atoms with Crippen LogP contribution in [0.15, 0.2) is 24.3 Å². The van der Waals surface area contributed by atoms with E-state index in [1.165, 1.54) is 128 Å². The van der Waals surface area contributed by atoms with Crippen LogP contribution in [0.25, 0.3) is 0 Å². The summed E-state index contributed by atoms with van der Waals surface area (Å²) in [5.74, 6) is -0.0347. The molecule has 0 aliphatic heterocycles. The smallest absolute Gasteiger partial charge is 0.220 e. The molecule has 0 aromatic rings. The molecular weight excluding hydrogens is 518 g/mol. The maximum absolute atomic E-state index is 12.3. The number of nitrogens with one attached hydrogen (secondary N) is 1. The lowest BCUT2D eigenvalue weighted by Gasteiger charge is -2.22. The van der Waals surface area contributed by atoms with Crippen molar-refractivity contribution in [3.8, 4) is 0 Å². The zero-order chi connectivity index (χ0) is 30.8. The van der Waals surface area contributed by atoms with Gasteiger partial charge >= 0.3 is 0 Å². The molecule has 0 rings (SSSR count). The normalized spacial score (nSPS) is 13.3. The van der Waals surface area contributed by atoms with Crippen LogP contribution in [0.1, 0.15) is 194 Å². The predicted octanol–water partition coefficient (Wildman–Crippen LogP) is 10.9. The quantitative estimate of drug-likeness (QED) is 0.0525. The van der Waals surface area contributed by atoms with Crippen molar-refractivity contribution in [2.45, 2.75) is 206 Å². The second-order valence-electron chi connectivity index (χ2n) is 12.6. The zero-order valence-corrected chi connectivity index (χ0v) is 28.3. The Morgan fingerprint density at radius 1 is 0.595 bits per heavy atom. The van der Waals surface area contributed by atoms with Gasteiger partial charge in [0.1, 0.15) is 0 Å². The van der Waals surface area contributed by atoms with Crippen molar-refractivity contribution in [3.05, 3.63) is 24.3 Å². The highest BCUT2D eigenvalue weighted by molar-refractivity contribution is 5.76. The molecule has 42 heavy (non-hydrogen) atoms. The number of aliphatic hydroxyl groups is 2. The number of allylic oxidation sites excluding steroid dienone is 4. The van der Waals surface area contributed by atoms with Crippen LogP contribution in [0.5, 0.6) is 0 Å². The van der Waals surface area contributed by atoms with E-state index in [1.807, 2.05) is 0 Å². The van der Waals surface area contributed by atoms with Gasteiger partial charge in [-0.15, -0.1) is 0 Å². The Balaban J connectivity index is 3.48. The van der Waals surface area contributed by atoms with E-state index in [9.17, 15) is 15.0 Å². The summed E-state index contributed by atoms with van der Waals surface area (Å²) in [6.45, 7) is 4.23. The topological polar surface area (TPSA) is 69.6 Å². The van der Waals surface area contributed by atoms with Crippen molar-refractivity contribution in [2.75, 3.05) is 6.61 Å². The summed E-state index contributed by atoms with van der Waals surface area (Å²) in [5.41, 5.74) is 0. The summed E-state index contributed by atoms with van der Waals surface area (Å²) in [6, 6.07) is -0.531. The van der Waals surface area contributed by atoms with E-state index in [4.69, 9.17) is 0 Å². The first-order valence-electron chi connectivity index (χ1n) is 18.5. The van der Waals surface area contributed by atoms with E-state index in [0.717, 1.165) is 38.5 Å². The fourth-order valence-electron chi connectivity index (χ4n) is 5.63. The third kappa shape index (κ3) is 30.3. The number of hydrogen-bond donors (Lipinski definition) is 3. The average molecular weight is 592 g/mol. The Hall–Kier alpha value is -1.13. The predicted molar refractivity (Wildman–Crippen MR) is 184 cm³/mol. The van der Waals surface area contributed by atoms with Crippen LogP contribution >= 0.6 is 0 Å². The minimum absolute atomic E-state index is 0.0347. The second-order valence-corrected chi connectivity index (χ2v) is 12.6. The van der Waals surface area contributed by atoms with Gasteiger partial charge in [-0.1, -0.05) is 173 Å². The third-order valence-corrected chi connectivity index (χ3v) is 8.48. The van der Waals surface area contributed by atoms with Gasteiger partial charge in [-0.3, -0.25) is 4.79 Å². The highest BCUT2D eigenvalue weighted by Gasteiger charge is 2.19. The van der Waals surface area contributed by atoms with Crippen LogP contribution in [-0.4, -0.2) is 34.9 Å². The molecule has 0 fully saturated rings. The largest absolute Gasteiger partial charge is 0.394 e. The summed E-state index contributed by atoms with van der Waals surface area (Å²) in [7, 11) is 0. The summed E-state index contributed by atoms with van der Waals surface area (Å²) < 4.78 is 0. The molecule has 3 N–H and O–H groups in total. The Morgan fingerprint density at radius 2 is 1.05 bits per heavy atom. The minimum atomic E-state index is -0.654. The molecule has 2 unspecified atom stereocenters. The van der Waals surface area contributed by atoms with Gasteiger partial charge in [-0.25, -0.2) is 0 Å². The van der Waals surface area contributed by atoms with Crippen LogP contribution in [0.3, 0.4) is 0 Å². The van der Waals surface area contributed by atoms with E-state index in [1.54, 1.807) is 0 Å². The molecule has 0 bridgehead atoms. The molecule has 4 nitrogen and oxygen atoms in total. The van der Waals surface area contributed by atoms with E-state index in [2.05, 4.69) is 43.5 Å². The fourth-order valence-corrected chi connectivity index (χ4v) is 5.63. The molecule has 2 atom stereocenters. The standard InChI is InChI=1S/C38H73NO3/c1-3-5-7-9-11-13-14-15-16-17-18-19-20-21-22-23-24-26-28-30-32-34-38(42)39-36(35-40)37(41)33-31-29-27-25-12-10-8-6-4-2/h5,7,11,13,36-37,40-41H,3-4,6,8-10,12,14-35H2,1-2H3,(H,39,42)/b7-5-,13-11-. The Bertz CT molecular complexity index is 603. The average Bonchev–Trinajstić information content (AvgIpc) is 2.99. The monoisotopic (exact) mass is 592 g/mol. The van der Waals surface area contributed by atoms with Crippen molar-refractivity contribution in [2.24, 2.45) is 0 Å². The summed E-state index contributed by atoms with van der Waals surface area (Å²) in [6.07, 6.45) is 42.4. The van der Waals surface area contributed by atoms with Crippen molar-refractivity contribution in [1.29, 1.82) is 0 Å². The Labute approximate surface area is 262 Å². The molecular formula is C38H73NO3. The maximum Gasteiger partial charge on any atom is 0.220 e. The Kier molecular flexibility index (Phi) is 33.4. The number of amides is 1. The van der Waals surface area contributed by atoms with E-state index < -0.39 is 12.1 Å². The van der Waals surface area contributed by atoms with Gasteiger partial charge in [0.05, 0.1) is 18.8 Å². The number of unbranched alkanes of at least 4 members (excludes halogenated alkanes) is 22. The van der Waals surface area contributed by atoms with Crippen molar-refractivity contribution < 1.29 is 15.0 Å². The van der Waals surface area contributed by atoms with E-state index in [0.29, 0.717) is 12.8 Å². The lowest BCUT2D eigenvalue weighted by atomic mass is 10.0. The molecule has 0 aliphatic rings. The first-order chi connectivity index (χ1) is 20.7. The van der Waals surface area contributed by atoms with Gasteiger partial charge in [0, 0.05) is 6.42 Å². The second kappa shape index (κ2) is 34.4. The molecule has 0 aromatic carbocycles. The highest BCUT2D eigenvalue weighted by atomic mass is 16.3. The van der Waals surface area contributed by atoms with Crippen LogP contribution in [0, 0.1) is 0 Å². The number of hydrogen-bond acceptors (Lipinski definition) is 3. The van der Waals surface area contributed by atoms with Crippen LogP contribution < -0.4 is 5.32 Å². The Morgan fingerprint density at radius 3 is 1.55 bits per heavy atom. The minimum Gasteiger partial charge on any atom is -0.394 e. The highest BCUT2D eigenvalue weighted by Crippen LogP contribution is 2.15. The van der Waals surface area contributed by atoms with Gasteiger partial charge in [-0.2, -0.15) is 0 Å². The lowest BCUT2D eigenvalue weighted by Crippen LogP contribution is -2.45. The molecule has 0 spiro atoms. The van der Waals surface area contributed by atoms with Gasteiger partial charge in [0.25, 0.3) is 0 Å².